The maximum Gasteiger partial charge on any atom is 0.0611 e. The van der Waals surface area contributed by atoms with Crippen LogP contribution in [-0.2, 0) is 0 Å². The van der Waals surface area contributed by atoms with Crippen LogP contribution < -0.4 is 11.2 Å². The van der Waals surface area contributed by atoms with Crippen molar-refractivity contribution in [3.8, 4) is 0 Å². The number of hydrogen-bond donors (Lipinski definition) is 2. The van der Waals surface area contributed by atoms with Crippen molar-refractivity contribution in [1.82, 2.24) is 15.6 Å². The SMILES string of the molecule is CCCNN(C)N(CC)CN. The zero-order chi connectivity index (χ0) is 8.69. The molecule has 0 fully saturated rings. The molecular formula is C7H20N4. The predicted molar refractivity (Wildman–Crippen MR) is 47.5 cm³/mol. The molecular weight excluding hydrogens is 140 g/mol. The fourth-order valence-corrected chi connectivity index (χ4v) is 0.837. The van der Waals surface area contributed by atoms with Crippen LogP contribution >= 0.6 is 0 Å². The van der Waals surface area contributed by atoms with Crippen molar-refractivity contribution in [2.45, 2.75) is 20.3 Å². The third-order valence-corrected chi connectivity index (χ3v) is 1.59. The van der Waals surface area contributed by atoms with Crippen LogP contribution in [0.1, 0.15) is 20.3 Å². The summed E-state index contributed by atoms with van der Waals surface area (Å²) in [6.45, 7) is 6.71. The van der Waals surface area contributed by atoms with Gasteiger partial charge in [0, 0.05) is 20.1 Å². The van der Waals surface area contributed by atoms with E-state index >= 15 is 0 Å². The van der Waals surface area contributed by atoms with Gasteiger partial charge in [0.15, 0.2) is 0 Å². The Bertz CT molecular complexity index is 82.5. The third kappa shape index (κ3) is 4.31. The molecule has 0 aromatic heterocycles. The molecule has 0 atom stereocenters. The van der Waals surface area contributed by atoms with Crippen molar-refractivity contribution in [3.63, 3.8) is 0 Å². The van der Waals surface area contributed by atoms with Gasteiger partial charge in [0.25, 0.3) is 0 Å². The normalized spacial score (nSPS) is 11.5. The summed E-state index contributed by atoms with van der Waals surface area (Å²) >= 11 is 0. The first kappa shape index (κ1) is 10.8. The van der Waals surface area contributed by atoms with Crippen molar-refractivity contribution in [2.75, 3.05) is 26.8 Å². The number of nitrogens with two attached hydrogens (primary N) is 1. The maximum absolute atomic E-state index is 5.50. The van der Waals surface area contributed by atoms with Crippen molar-refractivity contribution in [1.29, 1.82) is 0 Å². The first-order chi connectivity index (χ1) is 5.26. The highest BCUT2D eigenvalue weighted by atomic mass is 15.8. The zero-order valence-corrected chi connectivity index (χ0v) is 7.80. The third-order valence-electron chi connectivity index (χ3n) is 1.59. The van der Waals surface area contributed by atoms with Gasteiger partial charge >= 0.3 is 0 Å². The van der Waals surface area contributed by atoms with Gasteiger partial charge in [-0.05, 0) is 6.42 Å². The summed E-state index contributed by atoms with van der Waals surface area (Å²) in [4.78, 5) is 0. The van der Waals surface area contributed by atoms with E-state index in [-0.39, 0.29) is 0 Å². The van der Waals surface area contributed by atoms with Crippen molar-refractivity contribution >= 4 is 0 Å². The number of hydrazine groups is 2. The number of hydrogen-bond acceptors (Lipinski definition) is 4. The first-order valence-corrected chi connectivity index (χ1v) is 4.18. The van der Waals surface area contributed by atoms with Crippen LogP contribution in [0.5, 0.6) is 0 Å². The molecule has 11 heavy (non-hydrogen) atoms. The Balaban J connectivity index is 3.51. The van der Waals surface area contributed by atoms with Crippen LogP contribution in [0.3, 0.4) is 0 Å². The average Bonchev–Trinajstić information content (AvgIpc) is 2.03. The van der Waals surface area contributed by atoms with E-state index in [1.54, 1.807) is 0 Å². The quantitative estimate of drug-likeness (QED) is 0.423. The molecule has 0 saturated carbocycles. The highest BCUT2D eigenvalue weighted by Gasteiger charge is 2.03. The molecule has 4 heteroatoms. The van der Waals surface area contributed by atoms with Gasteiger partial charge in [0.05, 0.1) is 6.67 Å². The minimum atomic E-state index is 0.559. The summed E-state index contributed by atoms with van der Waals surface area (Å²) in [7, 11) is 1.98. The van der Waals surface area contributed by atoms with Crippen LogP contribution in [0.2, 0.25) is 0 Å². The van der Waals surface area contributed by atoms with Crippen molar-refractivity contribution in [2.24, 2.45) is 5.73 Å². The number of nitrogens with one attached hydrogen (secondary N) is 1. The molecule has 3 N–H and O–H groups in total. The van der Waals surface area contributed by atoms with Crippen molar-refractivity contribution in [3.05, 3.63) is 0 Å². The summed E-state index contributed by atoms with van der Waals surface area (Å²) in [6, 6.07) is 0. The second kappa shape index (κ2) is 6.54. The fourth-order valence-electron chi connectivity index (χ4n) is 0.837. The highest BCUT2D eigenvalue weighted by Crippen LogP contribution is 1.86. The van der Waals surface area contributed by atoms with Gasteiger partial charge < -0.3 is 5.73 Å². The first-order valence-electron chi connectivity index (χ1n) is 4.18. The summed E-state index contributed by atoms with van der Waals surface area (Å²) in [5, 5.41) is 3.97. The fraction of sp³-hybridized carbons (Fsp3) is 1.00. The lowest BCUT2D eigenvalue weighted by Gasteiger charge is -2.29. The molecule has 0 bridgehead atoms. The van der Waals surface area contributed by atoms with Crippen LogP contribution in [0.15, 0.2) is 0 Å². The molecule has 0 heterocycles. The Morgan fingerprint density at radius 2 is 2.00 bits per heavy atom. The highest BCUT2D eigenvalue weighted by molar-refractivity contribution is 4.43. The Hall–Kier alpha value is -0.160. The lowest BCUT2D eigenvalue weighted by molar-refractivity contribution is -0.0399. The smallest absolute Gasteiger partial charge is 0.0611 e. The Labute approximate surface area is 69.3 Å². The van der Waals surface area contributed by atoms with Gasteiger partial charge in [-0.15, -0.1) is 0 Å². The lowest BCUT2D eigenvalue weighted by Crippen LogP contribution is -2.50. The van der Waals surface area contributed by atoms with Gasteiger partial charge in [-0.2, -0.15) is 5.12 Å². The summed E-state index contributed by atoms with van der Waals surface area (Å²) < 4.78 is 0. The molecule has 0 aliphatic carbocycles. The zero-order valence-electron chi connectivity index (χ0n) is 7.80. The summed E-state index contributed by atoms with van der Waals surface area (Å²) in [6.07, 6.45) is 1.13. The monoisotopic (exact) mass is 160 g/mol. The van der Waals surface area contributed by atoms with Gasteiger partial charge in [0.1, 0.15) is 0 Å². The van der Waals surface area contributed by atoms with Crippen LogP contribution in [0.4, 0.5) is 0 Å². The predicted octanol–water partition coefficient (Wildman–Crippen LogP) is -0.0141. The van der Waals surface area contributed by atoms with Crippen LogP contribution in [0.25, 0.3) is 0 Å². The Kier molecular flexibility index (Phi) is 6.45. The van der Waals surface area contributed by atoms with E-state index in [1.807, 2.05) is 17.2 Å². The second-order valence-corrected chi connectivity index (χ2v) is 2.44. The van der Waals surface area contributed by atoms with Gasteiger partial charge in [-0.1, -0.05) is 13.8 Å². The maximum atomic E-state index is 5.50. The molecule has 4 nitrogen and oxygen atoms in total. The minimum Gasteiger partial charge on any atom is -0.317 e. The van der Waals surface area contributed by atoms with Gasteiger partial charge in [-0.3, -0.25) is 0 Å². The molecule has 0 spiro atoms. The number of nitrogens with zero attached hydrogens (tertiary/aromatic N) is 2. The molecule has 0 rings (SSSR count). The summed E-state index contributed by atoms with van der Waals surface area (Å²) in [5.74, 6) is 0. The van der Waals surface area contributed by atoms with E-state index < -0.39 is 0 Å². The number of rotatable bonds is 6. The molecule has 68 valence electrons. The molecule has 0 amide bonds. The van der Waals surface area contributed by atoms with Crippen LogP contribution in [-0.4, -0.2) is 36.9 Å². The van der Waals surface area contributed by atoms with Gasteiger partial charge in [-0.25, -0.2) is 10.4 Å². The average molecular weight is 160 g/mol. The standard InChI is InChI=1S/C7H20N4/c1-4-6-9-10(3)11(5-2)7-8/h9H,4-8H2,1-3H3. The van der Waals surface area contributed by atoms with Crippen molar-refractivity contribution < 1.29 is 0 Å². The molecule has 0 unspecified atom stereocenters. The van der Waals surface area contributed by atoms with E-state index in [2.05, 4.69) is 19.3 Å². The molecule has 0 aliphatic rings. The van der Waals surface area contributed by atoms with E-state index in [9.17, 15) is 0 Å². The topological polar surface area (TPSA) is 44.5 Å². The Morgan fingerprint density at radius 3 is 2.36 bits per heavy atom. The molecule has 0 saturated heterocycles. The van der Waals surface area contributed by atoms with Gasteiger partial charge in [0.2, 0.25) is 0 Å². The molecule has 0 aromatic rings. The van der Waals surface area contributed by atoms with Crippen LogP contribution in [0, 0.1) is 0 Å². The molecule has 0 aromatic carbocycles. The molecule has 0 radical (unpaired) electrons. The lowest BCUT2D eigenvalue weighted by atomic mass is 10.5. The van der Waals surface area contributed by atoms with E-state index in [0.29, 0.717) is 6.67 Å². The largest absolute Gasteiger partial charge is 0.317 e. The van der Waals surface area contributed by atoms with E-state index in [0.717, 1.165) is 19.5 Å². The van der Waals surface area contributed by atoms with E-state index in [4.69, 9.17) is 5.73 Å². The summed E-state index contributed by atoms with van der Waals surface area (Å²) in [5.41, 5.74) is 8.71. The molecule has 0 aliphatic heterocycles. The van der Waals surface area contributed by atoms with E-state index in [1.165, 1.54) is 0 Å². The minimum absolute atomic E-state index is 0.559. The Morgan fingerprint density at radius 1 is 1.36 bits per heavy atom. The second-order valence-electron chi connectivity index (χ2n) is 2.44.